The lowest BCUT2D eigenvalue weighted by Crippen LogP contribution is -2.47. The standard InChI is InChI=1S/C22H31NO/c1-14-5-9-20-19-10-8-17(24)12-16(19)13-21(15-6-7-15)22(20)18(14)4-2-3-11-23/h12,14-15,18-22H,2-10,13H2,1H3. The Labute approximate surface area is 146 Å². The van der Waals surface area contributed by atoms with Crippen LogP contribution in [0, 0.1) is 52.8 Å². The summed E-state index contributed by atoms with van der Waals surface area (Å²) in [5.74, 6) is 6.18. The predicted octanol–water partition coefficient (Wildman–Crippen LogP) is 5.29. The minimum atomic E-state index is 0.379. The summed E-state index contributed by atoms with van der Waals surface area (Å²) in [7, 11) is 0. The number of nitrogens with zero attached hydrogens (tertiary/aromatic N) is 1. The van der Waals surface area contributed by atoms with E-state index in [1.54, 1.807) is 0 Å². The molecule has 0 radical (unpaired) electrons. The van der Waals surface area contributed by atoms with E-state index in [2.05, 4.69) is 13.0 Å². The maximum atomic E-state index is 12.0. The van der Waals surface area contributed by atoms with Gasteiger partial charge in [-0.1, -0.05) is 18.9 Å². The Bertz CT molecular complexity index is 567. The Morgan fingerprint density at radius 1 is 1.17 bits per heavy atom. The number of nitriles is 1. The van der Waals surface area contributed by atoms with Crippen LogP contribution in [0.25, 0.3) is 0 Å². The van der Waals surface area contributed by atoms with E-state index < -0.39 is 0 Å². The molecule has 4 aliphatic carbocycles. The molecule has 0 amide bonds. The minimum Gasteiger partial charge on any atom is -0.295 e. The van der Waals surface area contributed by atoms with Crippen LogP contribution in [0.15, 0.2) is 11.6 Å². The molecule has 4 rings (SSSR count). The van der Waals surface area contributed by atoms with E-state index in [9.17, 15) is 4.79 Å². The van der Waals surface area contributed by atoms with E-state index in [0.29, 0.717) is 11.7 Å². The third-order valence-electron chi connectivity index (χ3n) is 7.74. The summed E-state index contributed by atoms with van der Waals surface area (Å²) >= 11 is 0. The minimum absolute atomic E-state index is 0.379. The van der Waals surface area contributed by atoms with Gasteiger partial charge in [-0.15, -0.1) is 0 Å². The van der Waals surface area contributed by atoms with Crippen LogP contribution < -0.4 is 0 Å². The fourth-order valence-electron chi connectivity index (χ4n) is 6.54. The number of unbranched alkanes of at least 4 members (excludes halogenated alkanes) is 1. The van der Waals surface area contributed by atoms with Crippen LogP contribution in [-0.4, -0.2) is 5.78 Å². The molecule has 3 saturated carbocycles. The molecule has 0 aliphatic heterocycles. The van der Waals surface area contributed by atoms with Gasteiger partial charge in [0.05, 0.1) is 6.07 Å². The average molecular weight is 325 g/mol. The van der Waals surface area contributed by atoms with E-state index in [4.69, 9.17) is 5.26 Å². The van der Waals surface area contributed by atoms with Crippen LogP contribution >= 0.6 is 0 Å². The van der Waals surface area contributed by atoms with Crippen molar-refractivity contribution >= 4 is 5.78 Å². The molecular formula is C22H31NO. The number of rotatable bonds is 4. The largest absolute Gasteiger partial charge is 0.295 e. The maximum absolute atomic E-state index is 12.0. The SMILES string of the molecule is CC1CCC2C3CCC(=O)C=C3CC(C3CC3)C2C1CCCC#N. The number of fused-ring (bicyclic) bond motifs is 3. The Kier molecular flexibility index (Phi) is 4.54. The Hall–Kier alpha value is -1.10. The first-order valence-corrected chi connectivity index (χ1v) is 10.3. The number of ketones is 1. The van der Waals surface area contributed by atoms with E-state index in [-0.39, 0.29) is 0 Å². The van der Waals surface area contributed by atoms with Gasteiger partial charge < -0.3 is 0 Å². The number of hydrogen-bond donors (Lipinski definition) is 0. The Morgan fingerprint density at radius 2 is 2.00 bits per heavy atom. The van der Waals surface area contributed by atoms with Gasteiger partial charge in [-0.3, -0.25) is 4.79 Å². The second-order valence-electron chi connectivity index (χ2n) is 9.05. The molecule has 6 unspecified atom stereocenters. The lowest BCUT2D eigenvalue weighted by Gasteiger charge is -2.54. The van der Waals surface area contributed by atoms with Gasteiger partial charge in [0.1, 0.15) is 0 Å². The van der Waals surface area contributed by atoms with Gasteiger partial charge in [0.2, 0.25) is 0 Å². The fourth-order valence-corrected chi connectivity index (χ4v) is 6.54. The van der Waals surface area contributed by atoms with E-state index >= 15 is 0 Å². The molecule has 0 saturated heterocycles. The number of carbonyl (C=O) groups excluding carboxylic acids is 1. The average Bonchev–Trinajstić information content (AvgIpc) is 3.40. The van der Waals surface area contributed by atoms with Gasteiger partial charge in [-0.2, -0.15) is 5.26 Å². The molecule has 4 aliphatic rings. The van der Waals surface area contributed by atoms with Crippen LogP contribution in [0.2, 0.25) is 0 Å². The molecule has 0 heterocycles. The van der Waals surface area contributed by atoms with Crippen molar-refractivity contribution < 1.29 is 4.79 Å². The maximum Gasteiger partial charge on any atom is 0.155 e. The van der Waals surface area contributed by atoms with Crippen molar-refractivity contribution in [3.63, 3.8) is 0 Å². The van der Waals surface area contributed by atoms with Gasteiger partial charge >= 0.3 is 0 Å². The van der Waals surface area contributed by atoms with Crippen molar-refractivity contribution in [2.45, 2.75) is 71.1 Å². The third-order valence-corrected chi connectivity index (χ3v) is 7.74. The van der Waals surface area contributed by atoms with Crippen molar-refractivity contribution in [2.75, 3.05) is 0 Å². The van der Waals surface area contributed by atoms with Gasteiger partial charge in [0, 0.05) is 12.8 Å². The zero-order valence-corrected chi connectivity index (χ0v) is 15.0. The molecule has 0 bridgehead atoms. The van der Waals surface area contributed by atoms with Crippen LogP contribution in [0.4, 0.5) is 0 Å². The van der Waals surface area contributed by atoms with Gasteiger partial charge in [0.25, 0.3) is 0 Å². The molecule has 0 aromatic rings. The fraction of sp³-hybridized carbons (Fsp3) is 0.818. The topological polar surface area (TPSA) is 40.9 Å². The van der Waals surface area contributed by atoms with Crippen LogP contribution in [0.5, 0.6) is 0 Å². The molecule has 6 atom stereocenters. The molecule has 130 valence electrons. The first kappa shape index (κ1) is 16.4. The molecule has 0 N–H and O–H groups in total. The summed E-state index contributed by atoms with van der Waals surface area (Å²) < 4.78 is 0. The zero-order valence-electron chi connectivity index (χ0n) is 15.0. The van der Waals surface area contributed by atoms with Crippen molar-refractivity contribution in [3.05, 3.63) is 11.6 Å². The Morgan fingerprint density at radius 3 is 2.75 bits per heavy atom. The van der Waals surface area contributed by atoms with Crippen molar-refractivity contribution in [3.8, 4) is 6.07 Å². The second kappa shape index (κ2) is 6.66. The van der Waals surface area contributed by atoms with E-state index in [0.717, 1.165) is 61.2 Å². The summed E-state index contributed by atoms with van der Waals surface area (Å²) in [6.45, 7) is 2.47. The van der Waals surface area contributed by atoms with Gasteiger partial charge in [0.15, 0.2) is 5.78 Å². The van der Waals surface area contributed by atoms with Gasteiger partial charge in [-0.25, -0.2) is 0 Å². The van der Waals surface area contributed by atoms with Crippen molar-refractivity contribution in [1.29, 1.82) is 5.26 Å². The van der Waals surface area contributed by atoms with E-state index in [1.165, 1.54) is 44.1 Å². The number of allylic oxidation sites excluding steroid dienone is 2. The van der Waals surface area contributed by atoms with Gasteiger partial charge in [-0.05, 0) is 92.4 Å². The molecular weight excluding hydrogens is 294 g/mol. The van der Waals surface area contributed by atoms with Crippen molar-refractivity contribution in [2.24, 2.45) is 41.4 Å². The first-order valence-electron chi connectivity index (χ1n) is 10.3. The van der Waals surface area contributed by atoms with Crippen LogP contribution in [-0.2, 0) is 4.79 Å². The summed E-state index contributed by atoms with van der Waals surface area (Å²) in [6, 6.07) is 2.34. The van der Waals surface area contributed by atoms with Crippen LogP contribution in [0.3, 0.4) is 0 Å². The highest BCUT2D eigenvalue weighted by molar-refractivity contribution is 5.91. The first-order chi connectivity index (χ1) is 11.7. The molecule has 24 heavy (non-hydrogen) atoms. The summed E-state index contributed by atoms with van der Waals surface area (Å²) in [4.78, 5) is 12.0. The van der Waals surface area contributed by atoms with E-state index in [1.807, 2.05) is 6.08 Å². The van der Waals surface area contributed by atoms with Crippen LogP contribution in [0.1, 0.15) is 71.1 Å². The molecule has 0 aromatic carbocycles. The second-order valence-corrected chi connectivity index (χ2v) is 9.05. The summed E-state index contributed by atoms with van der Waals surface area (Å²) in [5, 5.41) is 8.93. The highest BCUT2D eigenvalue weighted by atomic mass is 16.1. The normalized spacial score (nSPS) is 41.8. The molecule has 0 aromatic heterocycles. The lowest BCUT2D eigenvalue weighted by molar-refractivity contribution is -0.116. The smallest absolute Gasteiger partial charge is 0.155 e. The molecule has 2 heteroatoms. The summed E-state index contributed by atoms with van der Waals surface area (Å²) in [5.41, 5.74) is 1.52. The van der Waals surface area contributed by atoms with Crippen molar-refractivity contribution in [1.82, 2.24) is 0 Å². The number of hydrogen-bond acceptors (Lipinski definition) is 2. The molecule has 2 nitrogen and oxygen atoms in total. The molecule has 3 fully saturated rings. The zero-order chi connectivity index (χ0) is 16.7. The summed E-state index contributed by atoms with van der Waals surface area (Å²) in [6.07, 6.45) is 13.8. The lowest BCUT2D eigenvalue weighted by atomic mass is 9.51. The predicted molar refractivity (Wildman–Crippen MR) is 95.0 cm³/mol. The highest BCUT2D eigenvalue weighted by Gasteiger charge is 2.52. The molecule has 0 spiro atoms. The monoisotopic (exact) mass is 325 g/mol. The highest BCUT2D eigenvalue weighted by Crippen LogP contribution is 2.60. The Balaban J connectivity index is 1.61. The number of carbonyl (C=O) groups is 1. The quantitative estimate of drug-likeness (QED) is 0.659. The third kappa shape index (κ3) is 2.96.